The van der Waals surface area contributed by atoms with Gasteiger partial charge in [0, 0.05) is 25.7 Å². The van der Waals surface area contributed by atoms with Crippen LogP contribution in [0.3, 0.4) is 0 Å². The number of piperidine rings is 1. The van der Waals surface area contributed by atoms with E-state index in [9.17, 15) is 18.0 Å². The molecule has 2 aliphatic rings. The fraction of sp³-hybridized carbons (Fsp3) is 0.867. The summed E-state index contributed by atoms with van der Waals surface area (Å²) in [4.78, 5) is 25.3. The highest BCUT2D eigenvalue weighted by Gasteiger charge is 2.35. The number of carboxylic acid groups (broad SMARTS) is 1. The van der Waals surface area contributed by atoms with Crippen molar-refractivity contribution in [2.24, 2.45) is 5.92 Å². The second-order valence-corrected chi connectivity index (χ2v) is 8.56. The highest BCUT2D eigenvalue weighted by Crippen LogP contribution is 2.23. The Balaban J connectivity index is 2.03. The highest BCUT2D eigenvalue weighted by atomic mass is 32.2. The number of hydrogen-bond acceptors (Lipinski definition) is 5. The molecule has 1 atom stereocenters. The fourth-order valence-electron chi connectivity index (χ4n) is 3.32. The standard InChI is InChI=1S/C15H26N2O6S/c1-2-24(21,22)16-7-5-13(6-8-16)17(10-14(18)19)15(20)12-4-3-9-23-11-12/h12-13H,2-11H2,1H3,(H,18,19). The Morgan fingerprint density at radius 2 is 1.92 bits per heavy atom. The van der Waals surface area contributed by atoms with E-state index in [2.05, 4.69) is 0 Å². The number of carbonyl (C=O) groups is 2. The molecule has 2 heterocycles. The lowest BCUT2D eigenvalue weighted by Gasteiger charge is -2.39. The number of amides is 1. The van der Waals surface area contributed by atoms with Crippen LogP contribution in [0.4, 0.5) is 0 Å². The molecule has 8 nitrogen and oxygen atoms in total. The van der Waals surface area contributed by atoms with Crippen LogP contribution in [0.2, 0.25) is 0 Å². The number of sulfonamides is 1. The van der Waals surface area contributed by atoms with E-state index in [1.165, 1.54) is 9.21 Å². The maximum Gasteiger partial charge on any atom is 0.323 e. The fourth-order valence-corrected chi connectivity index (χ4v) is 4.45. The maximum atomic E-state index is 12.7. The monoisotopic (exact) mass is 362 g/mol. The Hall–Kier alpha value is -1.19. The minimum atomic E-state index is -3.24. The van der Waals surface area contributed by atoms with Crippen LogP contribution in [0.25, 0.3) is 0 Å². The molecule has 0 bridgehead atoms. The van der Waals surface area contributed by atoms with Crippen LogP contribution in [-0.2, 0) is 24.3 Å². The Kier molecular flexibility index (Phi) is 6.59. The van der Waals surface area contributed by atoms with Crippen molar-refractivity contribution in [2.45, 2.75) is 38.6 Å². The molecule has 2 saturated heterocycles. The first-order valence-electron chi connectivity index (χ1n) is 8.43. The first-order valence-corrected chi connectivity index (χ1v) is 10.0. The molecule has 1 N–H and O–H groups in total. The van der Waals surface area contributed by atoms with Crippen molar-refractivity contribution in [3.63, 3.8) is 0 Å². The summed E-state index contributed by atoms with van der Waals surface area (Å²) >= 11 is 0. The Labute approximate surface area is 142 Å². The molecule has 9 heteroatoms. The van der Waals surface area contributed by atoms with E-state index in [0.29, 0.717) is 45.6 Å². The zero-order valence-corrected chi connectivity index (χ0v) is 14.8. The van der Waals surface area contributed by atoms with Gasteiger partial charge in [-0.15, -0.1) is 0 Å². The summed E-state index contributed by atoms with van der Waals surface area (Å²) in [6.45, 7) is 2.87. The van der Waals surface area contributed by atoms with Gasteiger partial charge < -0.3 is 14.7 Å². The molecule has 0 saturated carbocycles. The quantitative estimate of drug-likeness (QED) is 0.721. The van der Waals surface area contributed by atoms with Gasteiger partial charge in [0.15, 0.2) is 0 Å². The van der Waals surface area contributed by atoms with Crippen LogP contribution in [0.5, 0.6) is 0 Å². The Morgan fingerprint density at radius 3 is 2.42 bits per heavy atom. The van der Waals surface area contributed by atoms with E-state index in [1.807, 2.05) is 0 Å². The Bertz CT molecular complexity index is 550. The van der Waals surface area contributed by atoms with Crippen molar-refractivity contribution in [3.8, 4) is 0 Å². The summed E-state index contributed by atoms with van der Waals surface area (Å²) in [6, 6.07) is -0.237. The zero-order chi connectivity index (χ0) is 17.7. The molecule has 0 aromatic carbocycles. The van der Waals surface area contributed by atoms with Crippen molar-refractivity contribution in [1.82, 2.24) is 9.21 Å². The summed E-state index contributed by atoms with van der Waals surface area (Å²) in [7, 11) is -3.24. The normalized spacial score (nSPS) is 23.8. The molecule has 0 aromatic rings. The maximum absolute atomic E-state index is 12.7. The molecular weight excluding hydrogens is 336 g/mol. The lowest BCUT2D eigenvalue weighted by Crippen LogP contribution is -2.52. The van der Waals surface area contributed by atoms with Crippen LogP contribution >= 0.6 is 0 Å². The van der Waals surface area contributed by atoms with Crippen molar-refractivity contribution < 1.29 is 27.9 Å². The third-order valence-electron chi connectivity index (χ3n) is 4.72. The number of carboxylic acids is 1. The summed E-state index contributed by atoms with van der Waals surface area (Å²) in [6.07, 6.45) is 2.43. The number of rotatable bonds is 6. The van der Waals surface area contributed by atoms with Gasteiger partial charge in [-0.25, -0.2) is 12.7 Å². The first kappa shape index (κ1) is 19.1. The van der Waals surface area contributed by atoms with E-state index in [4.69, 9.17) is 9.84 Å². The first-order chi connectivity index (χ1) is 11.3. The smallest absolute Gasteiger partial charge is 0.323 e. The van der Waals surface area contributed by atoms with Crippen LogP contribution in [0.1, 0.15) is 32.6 Å². The van der Waals surface area contributed by atoms with Gasteiger partial charge in [0.25, 0.3) is 0 Å². The minimum Gasteiger partial charge on any atom is -0.480 e. The van der Waals surface area contributed by atoms with Gasteiger partial charge in [-0.2, -0.15) is 0 Å². The van der Waals surface area contributed by atoms with Crippen molar-refractivity contribution in [3.05, 3.63) is 0 Å². The lowest BCUT2D eigenvalue weighted by molar-refractivity contribution is -0.151. The second kappa shape index (κ2) is 8.26. The number of hydrogen-bond donors (Lipinski definition) is 1. The third-order valence-corrected chi connectivity index (χ3v) is 6.60. The number of carbonyl (C=O) groups excluding carboxylic acids is 1. The van der Waals surface area contributed by atoms with Gasteiger partial charge in [0.2, 0.25) is 15.9 Å². The molecule has 1 unspecified atom stereocenters. The largest absolute Gasteiger partial charge is 0.480 e. The molecule has 2 aliphatic heterocycles. The van der Waals surface area contributed by atoms with Crippen LogP contribution < -0.4 is 0 Å². The van der Waals surface area contributed by atoms with E-state index in [0.717, 1.165) is 6.42 Å². The average Bonchev–Trinajstić information content (AvgIpc) is 2.60. The third kappa shape index (κ3) is 4.67. The van der Waals surface area contributed by atoms with E-state index >= 15 is 0 Å². The molecule has 0 aromatic heterocycles. The molecule has 138 valence electrons. The number of ether oxygens (including phenoxy) is 1. The molecular formula is C15H26N2O6S. The van der Waals surface area contributed by atoms with Gasteiger partial charge in [0.05, 0.1) is 18.3 Å². The molecule has 1 amide bonds. The predicted octanol–water partition coefficient (Wildman–Crippen LogP) is 0.140. The zero-order valence-electron chi connectivity index (χ0n) is 14.0. The SMILES string of the molecule is CCS(=O)(=O)N1CCC(N(CC(=O)O)C(=O)C2CCCOC2)CC1. The summed E-state index contributed by atoms with van der Waals surface area (Å²) in [5.41, 5.74) is 0. The molecule has 0 radical (unpaired) electrons. The lowest BCUT2D eigenvalue weighted by atomic mass is 9.97. The number of aliphatic carboxylic acids is 1. The van der Waals surface area contributed by atoms with Gasteiger partial charge >= 0.3 is 5.97 Å². The van der Waals surface area contributed by atoms with Crippen LogP contribution in [0, 0.1) is 5.92 Å². The van der Waals surface area contributed by atoms with Crippen molar-refractivity contribution >= 4 is 21.9 Å². The van der Waals surface area contributed by atoms with Gasteiger partial charge in [0.1, 0.15) is 6.54 Å². The van der Waals surface area contributed by atoms with Crippen molar-refractivity contribution in [1.29, 1.82) is 0 Å². The molecule has 24 heavy (non-hydrogen) atoms. The predicted molar refractivity (Wildman–Crippen MR) is 86.9 cm³/mol. The van der Waals surface area contributed by atoms with E-state index < -0.39 is 16.0 Å². The Morgan fingerprint density at radius 1 is 1.25 bits per heavy atom. The van der Waals surface area contributed by atoms with E-state index in [1.54, 1.807) is 6.92 Å². The second-order valence-electron chi connectivity index (χ2n) is 6.30. The summed E-state index contributed by atoms with van der Waals surface area (Å²) < 4.78 is 30.6. The molecule has 0 aliphatic carbocycles. The summed E-state index contributed by atoms with van der Waals surface area (Å²) in [5.74, 6) is -1.48. The van der Waals surface area contributed by atoms with Gasteiger partial charge in [-0.3, -0.25) is 9.59 Å². The van der Waals surface area contributed by atoms with Crippen LogP contribution in [0.15, 0.2) is 0 Å². The minimum absolute atomic E-state index is 0.0504. The van der Waals surface area contributed by atoms with Crippen LogP contribution in [-0.4, -0.2) is 79.2 Å². The van der Waals surface area contributed by atoms with Gasteiger partial charge in [-0.05, 0) is 32.6 Å². The highest BCUT2D eigenvalue weighted by molar-refractivity contribution is 7.89. The summed E-state index contributed by atoms with van der Waals surface area (Å²) in [5, 5.41) is 9.15. The molecule has 2 fully saturated rings. The average molecular weight is 362 g/mol. The topological polar surface area (TPSA) is 104 Å². The van der Waals surface area contributed by atoms with Gasteiger partial charge in [-0.1, -0.05) is 0 Å². The molecule has 0 spiro atoms. The molecule has 2 rings (SSSR count). The van der Waals surface area contributed by atoms with Crippen molar-refractivity contribution in [2.75, 3.05) is 38.6 Å². The van der Waals surface area contributed by atoms with E-state index in [-0.39, 0.29) is 30.2 Å². The number of nitrogens with zero attached hydrogens (tertiary/aromatic N) is 2.